The maximum Gasteiger partial charge on any atom is 0.265 e. The number of amides is 2. The van der Waals surface area contributed by atoms with E-state index in [1.54, 1.807) is 25.1 Å². The second-order valence-corrected chi connectivity index (χ2v) is 6.77. The molecular formula is C21H22N2O4. The average molecular weight is 366 g/mol. The molecule has 2 amide bonds. The molecule has 1 aliphatic heterocycles. The van der Waals surface area contributed by atoms with Crippen LogP contribution in [0.15, 0.2) is 36.4 Å². The van der Waals surface area contributed by atoms with Gasteiger partial charge in [0.05, 0.1) is 5.69 Å². The van der Waals surface area contributed by atoms with E-state index in [2.05, 4.69) is 5.32 Å². The first kappa shape index (κ1) is 18.6. The zero-order chi connectivity index (χ0) is 19.7. The molecule has 1 atom stereocenters. The standard InChI is InChI=1S/C21H22N2O4/c1-12-5-7-17(13(2)9-12)22-21(26)14(3)23-18-10-16(15(4)24)6-8-19(18)27-11-20(23)25/h5-10,14H,11H2,1-4H3,(H,22,26). The van der Waals surface area contributed by atoms with Gasteiger partial charge in [0, 0.05) is 11.3 Å². The van der Waals surface area contributed by atoms with Gasteiger partial charge in [-0.2, -0.15) is 0 Å². The lowest BCUT2D eigenvalue weighted by atomic mass is 10.1. The monoisotopic (exact) mass is 366 g/mol. The van der Waals surface area contributed by atoms with Crippen LogP contribution in [0, 0.1) is 13.8 Å². The van der Waals surface area contributed by atoms with Gasteiger partial charge in [-0.1, -0.05) is 17.7 Å². The minimum Gasteiger partial charge on any atom is -0.482 e. The lowest BCUT2D eigenvalue weighted by molar-refractivity contribution is -0.125. The molecule has 27 heavy (non-hydrogen) atoms. The van der Waals surface area contributed by atoms with Crippen LogP contribution in [0.4, 0.5) is 11.4 Å². The molecule has 2 aromatic rings. The summed E-state index contributed by atoms with van der Waals surface area (Å²) in [6.07, 6.45) is 0. The van der Waals surface area contributed by atoms with E-state index >= 15 is 0 Å². The molecule has 6 heteroatoms. The number of rotatable bonds is 4. The molecule has 0 radical (unpaired) electrons. The quantitative estimate of drug-likeness (QED) is 0.843. The summed E-state index contributed by atoms with van der Waals surface area (Å²) in [6, 6.07) is 9.88. The number of fused-ring (bicyclic) bond motifs is 1. The summed E-state index contributed by atoms with van der Waals surface area (Å²) in [7, 11) is 0. The Morgan fingerprint density at radius 1 is 1.15 bits per heavy atom. The number of ketones is 1. The van der Waals surface area contributed by atoms with Crippen molar-refractivity contribution in [3.05, 3.63) is 53.1 Å². The molecule has 6 nitrogen and oxygen atoms in total. The summed E-state index contributed by atoms with van der Waals surface area (Å²) < 4.78 is 5.45. The predicted molar refractivity (Wildman–Crippen MR) is 103 cm³/mol. The van der Waals surface area contributed by atoms with Crippen LogP contribution in [-0.4, -0.2) is 30.2 Å². The minimum absolute atomic E-state index is 0.122. The number of Topliss-reactive ketones (excluding diaryl/α,β-unsaturated/α-hetero) is 1. The van der Waals surface area contributed by atoms with Gasteiger partial charge in [-0.05, 0) is 57.5 Å². The van der Waals surface area contributed by atoms with Crippen molar-refractivity contribution in [2.75, 3.05) is 16.8 Å². The summed E-state index contributed by atoms with van der Waals surface area (Å²) in [5.74, 6) is -0.281. The van der Waals surface area contributed by atoms with Gasteiger partial charge in [-0.3, -0.25) is 19.3 Å². The van der Waals surface area contributed by atoms with E-state index in [1.807, 2.05) is 32.0 Å². The van der Waals surface area contributed by atoms with Crippen molar-refractivity contribution in [1.29, 1.82) is 0 Å². The Balaban J connectivity index is 1.90. The predicted octanol–water partition coefficient (Wildman–Crippen LogP) is 3.26. The van der Waals surface area contributed by atoms with Gasteiger partial charge in [0.2, 0.25) is 5.91 Å². The third kappa shape index (κ3) is 3.69. The maximum absolute atomic E-state index is 12.8. The Labute approximate surface area is 158 Å². The van der Waals surface area contributed by atoms with Gasteiger partial charge >= 0.3 is 0 Å². The highest BCUT2D eigenvalue weighted by Crippen LogP contribution is 2.34. The van der Waals surface area contributed by atoms with Crippen LogP contribution in [-0.2, 0) is 9.59 Å². The Morgan fingerprint density at radius 3 is 2.56 bits per heavy atom. The molecule has 3 rings (SSSR count). The van der Waals surface area contributed by atoms with E-state index in [-0.39, 0.29) is 24.2 Å². The van der Waals surface area contributed by atoms with Gasteiger partial charge in [0.15, 0.2) is 12.4 Å². The highest BCUT2D eigenvalue weighted by molar-refractivity contribution is 6.08. The van der Waals surface area contributed by atoms with E-state index in [0.29, 0.717) is 22.7 Å². The van der Waals surface area contributed by atoms with Crippen LogP contribution in [0.25, 0.3) is 0 Å². The van der Waals surface area contributed by atoms with E-state index in [1.165, 1.54) is 11.8 Å². The molecule has 1 heterocycles. The third-order valence-electron chi connectivity index (χ3n) is 4.65. The molecule has 0 aromatic heterocycles. The molecule has 1 aliphatic rings. The highest BCUT2D eigenvalue weighted by Gasteiger charge is 2.33. The number of benzene rings is 2. The molecule has 0 bridgehead atoms. The Bertz CT molecular complexity index is 936. The number of carbonyl (C=O) groups is 3. The molecular weight excluding hydrogens is 344 g/mol. The SMILES string of the molecule is CC(=O)c1ccc2c(c1)N(C(C)C(=O)Nc1ccc(C)cc1C)C(=O)CO2. The fourth-order valence-corrected chi connectivity index (χ4v) is 3.12. The summed E-state index contributed by atoms with van der Waals surface area (Å²) in [4.78, 5) is 38.4. The van der Waals surface area contributed by atoms with Crippen LogP contribution in [0.1, 0.15) is 35.3 Å². The van der Waals surface area contributed by atoms with Crippen LogP contribution < -0.4 is 15.0 Å². The maximum atomic E-state index is 12.8. The molecule has 0 saturated heterocycles. The smallest absolute Gasteiger partial charge is 0.265 e. The summed E-state index contributed by atoms with van der Waals surface area (Å²) >= 11 is 0. The van der Waals surface area contributed by atoms with E-state index in [4.69, 9.17) is 4.74 Å². The van der Waals surface area contributed by atoms with E-state index in [0.717, 1.165) is 11.1 Å². The van der Waals surface area contributed by atoms with Gasteiger partial charge in [0.25, 0.3) is 5.91 Å². The third-order valence-corrected chi connectivity index (χ3v) is 4.65. The van der Waals surface area contributed by atoms with E-state index in [9.17, 15) is 14.4 Å². The number of aryl methyl sites for hydroxylation is 2. The van der Waals surface area contributed by atoms with Gasteiger partial charge in [-0.25, -0.2) is 0 Å². The van der Waals surface area contributed by atoms with Crippen molar-refractivity contribution in [1.82, 2.24) is 0 Å². The largest absolute Gasteiger partial charge is 0.482 e. The number of ether oxygens (including phenoxy) is 1. The first-order valence-electron chi connectivity index (χ1n) is 8.76. The molecule has 140 valence electrons. The number of anilines is 2. The second-order valence-electron chi connectivity index (χ2n) is 6.77. The Morgan fingerprint density at radius 2 is 1.89 bits per heavy atom. The van der Waals surface area contributed by atoms with Crippen LogP contribution in [0.2, 0.25) is 0 Å². The van der Waals surface area contributed by atoms with Crippen LogP contribution in [0.5, 0.6) is 5.75 Å². The summed E-state index contributed by atoms with van der Waals surface area (Å²) in [5, 5.41) is 2.88. The van der Waals surface area contributed by atoms with Crippen LogP contribution >= 0.6 is 0 Å². The van der Waals surface area contributed by atoms with Crippen molar-refractivity contribution in [3.8, 4) is 5.75 Å². The second kappa shape index (κ2) is 7.23. The first-order valence-corrected chi connectivity index (χ1v) is 8.76. The van der Waals surface area contributed by atoms with Gasteiger partial charge < -0.3 is 10.1 Å². The van der Waals surface area contributed by atoms with Crippen molar-refractivity contribution in [2.45, 2.75) is 33.7 Å². The highest BCUT2D eigenvalue weighted by atomic mass is 16.5. The van der Waals surface area contributed by atoms with Crippen molar-refractivity contribution >= 4 is 29.0 Å². The number of nitrogens with one attached hydrogen (secondary N) is 1. The Hall–Kier alpha value is -3.15. The first-order chi connectivity index (χ1) is 12.8. The zero-order valence-corrected chi connectivity index (χ0v) is 15.8. The average Bonchev–Trinajstić information content (AvgIpc) is 2.62. The number of carbonyl (C=O) groups excluding carboxylic acids is 3. The molecule has 0 saturated carbocycles. The van der Waals surface area contributed by atoms with Crippen molar-refractivity contribution in [3.63, 3.8) is 0 Å². The number of hydrogen-bond acceptors (Lipinski definition) is 4. The lowest BCUT2D eigenvalue weighted by Crippen LogP contribution is -2.49. The summed E-state index contributed by atoms with van der Waals surface area (Å²) in [5.41, 5.74) is 3.65. The van der Waals surface area contributed by atoms with Crippen LogP contribution in [0.3, 0.4) is 0 Å². The van der Waals surface area contributed by atoms with Crippen molar-refractivity contribution < 1.29 is 19.1 Å². The fraction of sp³-hybridized carbons (Fsp3) is 0.286. The molecule has 0 fully saturated rings. The molecule has 1 N–H and O–H groups in total. The topological polar surface area (TPSA) is 75.7 Å². The number of nitrogens with zero attached hydrogens (tertiary/aromatic N) is 1. The Kier molecular flexibility index (Phi) is 4.99. The van der Waals surface area contributed by atoms with E-state index < -0.39 is 6.04 Å². The number of hydrogen-bond donors (Lipinski definition) is 1. The molecule has 2 aromatic carbocycles. The normalized spacial score (nSPS) is 14.2. The zero-order valence-electron chi connectivity index (χ0n) is 15.8. The minimum atomic E-state index is -0.761. The summed E-state index contributed by atoms with van der Waals surface area (Å²) in [6.45, 7) is 6.87. The molecule has 1 unspecified atom stereocenters. The fourth-order valence-electron chi connectivity index (χ4n) is 3.12. The molecule has 0 aliphatic carbocycles. The van der Waals surface area contributed by atoms with Gasteiger partial charge in [-0.15, -0.1) is 0 Å². The molecule has 0 spiro atoms. The lowest BCUT2D eigenvalue weighted by Gasteiger charge is -2.33. The van der Waals surface area contributed by atoms with Crippen molar-refractivity contribution in [2.24, 2.45) is 0 Å². The van der Waals surface area contributed by atoms with Gasteiger partial charge in [0.1, 0.15) is 11.8 Å².